The summed E-state index contributed by atoms with van der Waals surface area (Å²) in [6, 6.07) is 14.8. The summed E-state index contributed by atoms with van der Waals surface area (Å²) in [4.78, 5) is 77.9. The van der Waals surface area contributed by atoms with Gasteiger partial charge in [0.2, 0.25) is 17.7 Å². The number of nitrogens with one attached hydrogen (secondary N) is 4. The average molecular weight is 1100 g/mol. The molecule has 3 atom stereocenters. The van der Waals surface area contributed by atoms with Gasteiger partial charge in [0, 0.05) is 58.1 Å². The number of likely N-dealkylation sites (tertiary alicyclic amines) is 1. The lowest BCUT2D eigenvalue weighted by molar-refractivity contribution is -0.144. The van der Waals surface area contributed by atoms with Gasteiger partial charge in [-0.3, -0.25) is 23.9 Å². The second kappa shape index (κ2) is 24.8. The van der Waals surface area contributed by atoms with Crippen molar-refractivity contribution in [3.05, 3.63) is 94.8 Å². The van der Waals surface area contributed by atoms with Crippen molar-refractivity contribution in [1.29, 1.82) is 0 Å². The summed E-state index contributed by atoms with van der Waals surface area (Å²) >= 11 is 1.55. The Morgan fingerprint density at radius 3 is 2.25 bits per heavy atom. The van der Waals surface area contributed by atoms with E-state index in [1.54, 1.807) is 42.3 Å². The normalized spacial score (nSPS) is 15.4. The van der Waals surface area contributed by atoms with E-state index in [1.165, 1.54) is 52.2 Å². The first-order valence-electron chi connectivity index (χ1n) is 24.1. The molecule has 6 rings (SSSR count). The van der Waals surface area contributed by atoms with Crippen LogP contribution in [-0.4, -0.2) is 120 Å². The van der Waals surface area contributed by atoms with E-state index >= 15 is 0 Å². The van der Waals surface area contributed by atoms with Gasteiger partial charge in [-0.1, -0.05) is 76.8 Å². The molecule has 404 valence electrons. The Morgan fingerprint density at radius 1 is 0.960 bits per heavy atom. The fourth-order valence-corrected chi connectivity index (χ4v) is 10.0. The molecular weight excluding hydrogens is 1030 g/mol. The number of alkyl halides is 2. The second-order valence-electron chi connectivity index (χ2n) is 20.4. The molecule has 4 amide bonds. The fraction of sp³-hybridized carbons (Fsp3) is 0.440. The topological polar surface area (TPSA) is 279 Å². The molecule has 5 aromatic rings. The number of β-amino-alcohol motifs (C(OH)–C–C–N with tert-alkyl or cyclic N) is 1. The summed E-state index contributed by atoms with van der Waals surface area (Å²) in [5.41, 5.74) is 9.98. The van der Waals surface area contributed by atoms with E-state index in [4.69, 9.17) is 15.2 Å². The number of amides is 4. The van der Waals surface area contributed by atoms with E-state index in [9.17, 15) is 46.3 Å². The van der Waals surface area contributed by atoms with E-state index < -0.39 is 77.1 Å². The molecule has 1 aliphatic heterocycles. The van der Waals surface area contributed by atoms with Crippen molar-refractivity contribution < 1.29 is 55.8 Å². The number of nitrogens with zero attached hydrogens (tertiary/aromatic N) is 5. The fourth-order valence-electron chi connectivity index (χ4n) is 7.91. The van der Waals surface area contributed by atoms with E-state index in [-0.39, 0.29) is 73.4 Å². The van der Waals surface area contributed by atoms with Crippen molar-refractivity contribution in [3.8, 4) is 21.7 Å². The number of aliphatic hydroxyl groups excluding tert-OH is 1. The molecule has 75 heavy (non-hydrogen) atoms. The minimum Gasteiger partial charge on any atom is -0.462 e. The molecule has 0 bridgehead atoms. The number of esters is 1. The predicted octanol–water partition coefficient (Wildman–Crippen LogP) is 6.63. The number of aromatic nitrogens is 4. The number of anilines is 3. The Hall–Kier alpha value is -6.67. The largest absolute Gasteiger partial charge is 0.462 e. The maximum atomic E-state index is 14.1. The zero-order chi connectivity index (χ0) is 54.8. The van der Waals surface area contributed by atoms with E-state index in [1.807, 2.05) is 31.2 Å². The SMILES string of the molecule is Cc1ncsc1-c1ccc(CNC(=O)[C@@H]2C[C@@H](O)CN2C(=O)C(NC(=O)CCCCOC(=O)c2ccc(Nc3c(C(N)=O)c(-c4ccc(NS(=O)(=O)C(F)F)cc4)nn3COCC[Si](C)(C)C)nc2)C(C)(C)C)cc1. The molecule has 1 unspecified atom stereocenters. The zero-order valence-corrected chi connectivity index (χ0v) is 45.4. The Labute approximate surface area is 439 Å². The van der Waals surface area contributed by atoms with Crippen LogP contribution in [0, 0.1) is 12.3 Å². The van der Waals surface area contributed by atoms with Crippen molar-refractivity contribution in [2.45, 2.75) is 116 Å². The van der Waals surface area contributed by atoms with Crippen LogP contribution in [-0.2, 0) is 47.2 Å². The van der Waals surface area contributed by atoms with Crippen LogP contribution in [0.3, 0.4) is 0 Å². The number of thiazole rings is 1. The number of hydrogen-bond donors (Lipinski definition) is 6. The number of unbranched alkanes of at least 4 members (excludes halogenated alkanes) is 1. The number of hydrogen-bond acceptors (Lipinski definition) is 15. The molecule has 20 nitrogen and oxygen atoms in total. The number of primary amides is 1. The first-order chi connectivity index (χ1) is 35.3. The molecule has 7 N–H and O–H groups in total. The standard InChI is InChI=1S/C50H64F2N10O10S2Si/c1-30-42(73-28-56-30)33-13-11-31(12-14-33)25-55-46(66)37-24-36(63)27-61(37)47(67)43(50(2,3)4)58-39(64)10-8-9-21-72-48(68)34-17-20-38(54-26-34)57-45-40(44(53)65)41(59-62(45)29-71-22-23-75(5,6)7)32-15-18-35(19-16-32)60-74(69,70)49(51)52/h11-20,26,28,36-37,43,49,60,63H,8-10,21-25,27,29H2,1-7H3,(H2,53,65)(H,54,57)(H,55,66)(H,58,64)/t36-,37+,43?/m1/s1. The molecule has 25 heteroatoms. The van der Waals surface area contributed by atoms with Crippen molar-refractivity contribution >= 4 is 76.4 Å². The zero-order valence-electron chi connectivity index (χ0n) is 42.8. The third kappa shape index (κ3) is 15.7. The van der Waals surface area contributed by atoms with Gasteiger partial charge in [-0.05, 0) is 66.6 Å². The highest BCUT2D eigenvalue weighted by atomic mass is 32.2. The number of rotatable bonds is 24. The lowest BCUT2D eigenvalue weighted by Crippen LogP contribution is -2.57. The van der Waals surface area contributed by atoms with Crippen LogP contribution in [0.1, 0.15) is 78.4 Å². The number of aliphatic hydroxyl groups is 1. The van der Waals surface area contributed by atoms with Crippen molar-refractivity contribution in [2.75, 3.05) is 29.8 Å². The highest BCUT2D eigenvalue weighted by Crippen LogP contribution is 2.33. The summed E-state index contributed by atoms with van der Waals surface area (Å²) < 4.78 is 63.9. The van der Waals surface area contributed by atoms with Gasteiger partial charge in [-0.2, -0.15) is 13.9 Å². The third-order valence-corrected chi connectivity index (χ3v) is 15.7. The number of halogens is 2. The Bertz CT molecular complexity index is 2930. The molecule has 2 aromatic carbocycles. The molecule has 3 aromatic heterocycles. The first-order valence-corrected chi connectivity index (χ1v) is 30.3. The van der Waals surface area contributed by atoms with Crippen LogP contribution < -0.4 is 26.4 Å². The van der Waals surface area contributed by atoms with Crippen molar-refractivity contribution in [3.63, 3.8) is 0 Å². The maximum Gasteiger partial charge on any atom is 0.355 e. The lowest BCUT2D eigenvalue weighted by Gasteiger charge is -2.35. The summed E-state index contributed by atoms with van der Waals surface area (Å²) in [6.45, 7) is 14.3. The predicted molar refractivity (Wildman–Crippen MR) is 282 cm³/mol. The molecule has 0 saturated carbocycles. The molecular formula is C50H64F2N10O10S2Si. The summed E-state index contributed by atoms with van der Waals surface area (Å²) in [6.07, 6.45) is 1.02. The van der Waals surface area contributed by atoms with Gasteiger partial charge in [0.15, 0.2) is 0 Å². The lowest BCUT2D eigenvalue weighted by atomic mass is 9.85. The molecule has 1 fully saturated rings. The van der Waals surface area contributed by atoms with Crippen LogP contribution in [0.4, 0.5) is 26.1 Å². The molecule has 1 aliphatic rings. The summed E-state index contributed by atoms with van der Waals surface area (Å²) in [7, 11) is -6.41. The first kappa shape index (κ1) is 57.6. The van der Waals surface area contributed by atoms with Gasteiger partial charge < -0.3 is 41.2 Å². The van der Waals surface area contributed by atoms with Gasteiger partial charge >= 0.3 is 11.7 Å². The number of carbonyl (C=O) groups excluding carboxylic acids is 5. The van der Waals surface area contributed by atoms with E-state index in [0.29, 0.717) is 25.0 Å². The number of nitrogens with two attached hydrogens (primary N) is 1. The number of pyridine rings is 1. The van der Waals surface area contributed by atoms with Crippen molar-refractivity contribution in [1.82, 2.24) is 35.3 Å². The number of aryl methyl sites for hydroxylation is 1. The van der Waals surface area contributed by atoms with E-state index in [0.717, 1.165) is 27.7 Å². The summed E-state index contributed by atoms with van der Waals surface area (Å²) in [5.74, 6) is -6.27. The molecule has 1 saturated heterocycles. The van der Waals surface area contributed by atoms with Crippen LogP contribution in [0.25, 0.3) is 21.7 Å². The van der Waals surface area contributed by atoms with Gasteiger partial charge in [0.25, 0.3) is 15.9 Å². The molecule has 0 radical (unpaired) electrons. The van der Waals surface area contributed by atoms with Gasteiger partial charge in [0.1, 0.15) is 41.7 Å². The number of carbonyl (C=O) groups is 5. The van der Waals surface area contributed by atoms with Crippen LogP contribution >= 0.6 is 11.3 Å². The monoisotopic (exact) mass is 1090 g/mol. The summed E-state index contributed by atoms with van der Waals surface area (Å²) in [5, 5.41) is 23.9. The van der Waals surface area contributed by atoms with Gasteiger partial charge in [-0.15, -0.1) is 11.3 Å². The molecule has 0 aliphatic carbocycles. The second-order valence-corrected chi connectivity index (χ2v) is 28.5. The molecule has 4 heterocycles. The van der Waals surface area contributed by atoms with Crippen LogP contribution in [0.5, 0.6) is 0 Å². The average Bonchev–Trinajstić information content (AvgIpc) is 4.07. The van der Waals surface area contributed by atoms with Crippen LogP contribution in [0.15, 0.2) is 72.4 Å². The minimum atomic E-state index is -4.93. The number of ether oxygens (including phenoxy) is 2. The van der Waals surface area contributed by atoms with E-state index in [2.05, 4.69) is 50.7 Å². The smallest absolute Gasteiger partial charge is 0.355 e. The van der Waals surface area contributed by atoms with Gasteiger partial charge in [0.05, 0.1) is 34.4 Å². The number of benzene rings is 2. The van der Waals surface area contributed by atoms with Crippen LogP contribution in [0.2, 0.25) is 25.7 Å². The quantitative estimate of drug-likeness (QED) is 0.0215. The highest BCUT2D eigenvalue weighted by Gasteiger charge is 2.44. The Morgan fingerprint density at radius 2 is 1.65 bits per heavy atom. The maximum absolute atomic E-state index is 14.1. The minimum absolute atomic E-state index is 0.0102. The van der Waals surface area contributed by atoms with Crippen molar-refractivity contribution in [2.24, 2.45) is 11.1 Å². The Balaban J connectivity index is 1.01. The molecule has 0 spiro atoms. The highest BCUT2D eigenvalue weighted by molar-refractivity contribution is 7.93. The number of sulfonamides is 1. The third-order valence-electron chi connectivity index (χ3n) is 12.1. The van der Waals surface area contributed by atoms with Gasteiger partial charge in [-0.25, -0.2) is 27.9 Å². The Kier molecular flexibility index (Phi) is 19.0.